The summed E-state index contributed by atoms with van der Waals surface area (Å²) in [5.74, 6) is 0.632. The van der Waals surface area contributed by atoms with Crippen molar-refractivity contribution < 1.29 is 17.6 Å². The number of para-hydroxylation sites is 1. The lowest BCUT2D eigenvalue weighted by Crippen LogP contribution is -2.22. The topological polar surface area (TPSA) is 102 Å². The maximum absolute atomic E-state index is 12.8. The Morgan fingerprint density at radius 1 is 1.16 bits per heavy atom. The standard InChI is InChI=1S/C22H23N3O4S2/c1-15(30-22-25-24-20(29-22)13-16-11-12-31(27,28)14-16)21(26)23-19-10-6-5-9-18(19)17-7-3-2-4-8-17/h2-10,15-16H,11-14H2,1H3,(H,23,26)/t15-,16-/m0/s1. The quantitative estimate of drug-likeness (QED) is 0.538. The Morgan fingerprint density at radius 3 is 2.65 bits per heavy atom. The van der Waals surface area contributed by atoms with Gasteiger partial charge < -0.3 is 9.73 Å². The van der Waals surface area contributed by atoms with E-state index < -0.39 is 15.1 Å². The number of nitrogens with one attached hydrogen (secondary N) is 1. The van der Waals surface area contributed by atoms with Gasteiger partial charge in [0.05, 0.1) is 16.8 Å². The molecule has 1 amide bonds. The van der Waals surface area contributed by atoms with E-state index in [4.69, 9.17) is 4.42 Å². The molecule has 0 saturated carbocycles. The zero-order valence-corrected chi connectivity index (χ0v) is 18.7. The predicted octanol–water partition coefficient (Wildman–Crippen LogP) is 3.83. The smallest absolute Gasteiger partial charge is 0.277 e. The van der Waals surface area contributed by atoms with Crippen molar-refractivity contribution >= 4 is 33.2 Å². The van der Waals surface area contributed by atoms with E-state index in [1.54, 1.807) is 6.92 Å². The molecular formula is C22H23N3O4S2. The van der Waals surface area contributed by atoms with Gasteiger partial charge in [-0.2, -0.15) is 0 Å². The van der Waals surface area contributed by atoms with Gasteiger partial charge in [0.25, 0.3) is 5.22 Å². The molecule has 1 aromatic heterocycles. The molecule has 162 valence electrons. The Morgan fingerprint density at radius 2 is 1.90 bits per heavy atom. The first-order chi connectivity index (χ1) is 14.9. The number of sulfone groups is 1. The summed E-state index contributed by atoms with van der Waals surface area (Å²) >= 11 is 1.18. The average molecular weight is 458 g/mol. The van der Waals surface area contributed by atoms with Gasteiger partial charge in [-0.25, -0.2) is 8.42 Å². The molecule has 1 N–H and O–H groups in total. The van der Waals surface area contributed by atoms with Gasteiger partial charge in [-0.3, -0.25) is 4.79 Å². The number of amides is 1. The third-order valence-corrected chi connectivity index (χ3v) is 7.93. The fourth-order valence-electron chi connectivity index (χ4n) is 3.55. The number of carbonyl (C=O) groups excluding carboxylic acids is 1. The molecule has 1 aliphatic heterocycles. The Balaban J connectivity index is 1.37. The van der Waals surface area contributed by atoms with Crippen LogP contribution in [0.4, 0.5) is 5.69 Å². The molecule has 2 heterocycles. The van der Waals surface area contributed by atoms with E-state index in [9.17, 15) is 13.2 Å². The predicted molar refractivity (Wildman–Crippen MR) is 121 cm³/mol. The molecule has 3 aromatic rings. The molecule has 1 aliphatic rings. The Kier molecular flexibility index (Phi) is 6.43. The van der Waals surface area contributed by atoms with Crippen molar-refractivity contribution in [1.29, 1.82) is 0 Å². The minimum atomic E-state index is -2.94. The van der Waals surface area contributed by atoms with Gasteiger partial charge in [-0.05, 0) is 30.9 Å². The molecule has 0 spiro atoms. The second kappa shape index (κ2) is 9.23. The van der Waals surface area contributed by atoms with E-state index in [0.29, 0.717) is 24.0 Å². The van der Waals surface area contributed by atoms with Crippen LogP contribution in [0.15, 0.2) is 64.2 Å². The van der Waals surface area contributed by atoms with E-state index in [-0.39, 0.29) is 23.3 Å². The van der Waals surface area contributed by atoms with Crippen molar-refractivity contribution in [3.63, 3.8) is 0 Å². The summed E-state index contributed by atoms with van der Waals surface area (Å²) in [5, 5.41) is 10.9. The largest absolute Gasteiger partial charge is 0.416 e. The van der Waals surface area contributed by atoms with Crippen LogP contribution in [0, 0.1) is 5.92 Å². The van der Waals surface area contributed by atoms with Crippen LogP contribution >= 0.6 is 11.8 Å². The second-order valence-electron chi connectivity index (χ2n) is 7.60. The highest BCUT2D eigenvalue weighted by Gasteiger charge is 2.29. The fourth-order valence-corrected chi connectivity index (χ4v) is 6.11. The number of nitrogens with zero attached hydrogens (tertiary/aromatic N) is 2. The summed E-state index contributed by atoms with van der Waals surface area (Å²) in [7, 11) is -2.94. The fraction of sp³-hybridized carbons (Fsp3) is 0.318. The van der Waals surface area contributed by atoms with Crippen molar-refractivity contribution in [2.24, 2.45) is 5.92 Å². The molecule has 1 fully saturated rings. The van der Waals surface area contributed by atoms with Crippen LogP contribution in [0.3, 0.4) is 0 Å². The maximum atomic E-state index is 12.8. The van der Waals surface area contributed by atoms with Crippen LogP contribution in [0.1, 0.15) is 19.2 Å². The van der Waals surface area contributed by atoms with E-state index in [2.05, 4.69) is 15.5 Å². The van der Waals surface area contributed by atoms with Crippen molar-refractivity contribution in [3.8, 4) is 11.1 Å². The molecule has 0 bridgehead atoms. The number of thioether (sulfide) groups is 1. The molecule has 2 aromatic carbocycles. The van der Waals surface area contributed by atoms with Crippen molar-refractivity contribution in [2.45, 2.75) is 30.2 Å². The number of benzene rings is 2. The van der Waals surface area contributed by atoms with E-state index in [1.807, 2.05) is 54.6 Å². The third kappa shape index (κ3) is 5.54. The lowest BCUT2D eigenvalue weighted by atomic mass is 10.0. The van der Waals surface area contributed by atoms with Crippen molar-refractivity contribution in [2.75, 3.05) is 16.8 Å². The number of carbonyl (C=O) groups is 1. The van der Waals surface area contributed by atoms with Gasteiger partial charge >= 0.3 is 0 Å². The third-order valence-electron chi connectivity index (χ3n) is 5.15. The van der Waals surface area contributed by atoms with Crippen LogP contribution in [-0.4, -0.2) is 41.3 Å². The van der Waals surface area contributed by atoms with Crippen LogP contribution in [0.5, 0.6) is 0 Å². The molecule has 0 aliphatic carbocycles. The van der Waals surface area contributed by atoms with Gasteiger partial charge in [0.2, 0.25) is 11.8 Å². The first-order valence-electron chi connectivity index (χ1n) is 10.0. The molecule has 7 nitrogen and oxygen atoms in total. The molecule has 2 atom stereocenters. The minimum Gasteiger partial charge on any atom is -0.416 e. The van der Waals surface area contributed by atoms with Gasteiger partial charge in [-0.15, -0.1) is 10.2 Å². The summed E-state index contributed by atoms with van der Waals surface area (Å²) in [4.78, 5) is 12.8. The Hall–Kier alpha value is -2.65. The highest BCUT2D eigenvalue weighted by atomic mass is 32.2. The lowest BCUT2D eigenvalue weighted by Gasteiger charge is -2.14. The van der Waals surface area contributed by atoms with E-state index in [1.165, 1.54) is 11.8 Å². The summed E-state index contributed by atoms with van der Waals surface area (Å²) in [6.45, 7) is 1.78. The van der Waals surface area contributed by atoms with Crippen molar-refractivity contribution in [1.82, 2.24) is 10.2 Å². The van der Waals surface area contributed by atoms with Crippen LogP contribution in [0.25, 0.3) is 11.1 Å². The monoisotopic (exact) mass is 457 g/mol. The summed E-state index contributed by atoms with van der Waals surface area (Å²) in [5.41, 5.74) is 2.70. The average Bonchev–Trinajstić information content (AvgIpc) is 3.34. The molecule has 4 rings (SSSR count). The maximum Gasteiger partial charge on any atom is 0.277 e. The zero-order valence-electron chi connectivity index (χ0n) is 17.0. The highest BCUT2D eigenvalue weighted by molar-refractivity contribution is 8.00. The van der Waals surface area contributed by atoms with Gasteiger partial charge in [0.15, 0.2) is 9.84 Å². The number of aromatic nitrogens is 2. The Labute approximate surface area is 185 Å². The number of hydrogen-bond donors (Lipinski definition) is 1. The van der Waals surface area contributed by atoms with Gasteiger partial charge in [-0.1, -0.05) is 60.3 Å². The van der Waals surface area contributed by atoms with Crippen LogP contribution in [0.2, 0.25) is 0 Å². The number of hydrogen-bond acceptors (Lipinski definition) is 7. The van der Waals surface area contributed by atoms with Crippen molar-refractivity contribution in [3.05, 3.63) is 60.5 Å². The molecular weight excluding hydrogens is 434 g/mol. The minimum absolute atomic E-state index is 0.0125. The first-order valence-corrected chi connectivity index (χ1v) is 12.7. The van der Waals surface area contributed by atoms with E-state index >= 15 is 0 Å². The summed E-state index contributed by atoms with van der Waals surface area (Å²) in [6, 6.07) is 17.5. The first kappa shape index (κ1) is 21.6. The summed E-state index contributed by atoms with van der Waals surface area (Å²) < 4.78 is 28.9. The Bertz CT molecular complexity index is 1160. The molecule has 0 unspecified atom stereocenters. The van der Waals surface area contributed by atoms with E-state index in [0.717, 1.165) is 16.8 Å². The SMILES string of the molecule is C[C@H](Sc1nnc(C[C@@H]2CCS(=O)(=O)C2)o1)C(=O)Nc1ccccc1-c1ccccc1. The normalized spacial score (nSPS) is 18.5. The number of anilines is 1. The highest BCUT2D eigenvalue weighted by Crippen LogP contribution is 2.30. The van der Waals surface area contributed by atoms with Crippen LogP contribution in [-0.2, 0) is 21.1 Å². The second-order valence-corrected chi connectivity index (χ2v) is 11.1. The van der Waals surface area contributed by atoms with Gasteiger partial charge in [0.1, 0.15) is 0 Å². The molecule has 0 radical (unpaired) electrons. The lowest BCUT2D eigenvalue weighted by molar-refractivity contribution is -0.115. The number of rotatable bonds is 7. The zero-order chi connectivity index (χ0) is 21.8. The summed E-state index contributed by atoms with van der Waals surface area (Å²) in [6.07, 6.45) is 1.06. The molecule has 1 saturated heterocycles. The van der Waals surface area contributed by atoms with Gasteiger partial charge in [0, 0.05) is 17.7 Å². The van der Waals surface area contributed by atoms with Crippen LogP contribution < -0.4 is 5.32 Å². The molecule has 31 heavy (non-hydrogen) atoms. The molecule has 9 heteroatoms.